The zero-order valence-electron chi connectivity index (χ0n) is 12.5. The maximum absolute atomic E-state index is 4.70. The highest BCUT2D eigenvalue weighted by Gasteiger charge is 2.11. The van der Waals surface area contributed by atoms with Gasteiger partial charge in [0.15, 0.2) is 5.13 Å². The van der Waals surface area contributed by atoms with Crippen LogP contribution in [0.5, 0.6) is 0 Å². The van der Waals surface area contributed by atoms with Gasteiger partial charge in [-0.25, -0.2) is 4.98 Å². The lowest BCUT2D eigenvalue weighted by atomic mass is 10.3. The molecule has 5 heteroatoms. The monoisotopic (exact) mass is 309 g/mol. The van der Waals surface area contributed by atoms with E-state index in [2.05, 4.69) is 48.6 Å². The fourth-order valence-corrected chi connectivity index (χ4v) is 3.66. The second-order valence-corrected chi connectivity index (χ2v) is 7.03. The number of anilines is 1. The Morgan fingerprint density at radius 3 is 2.95 bits per heavy atom. The molecule has 0 saturated carbocycles. The van der Waals surface area contributed by atoms with E-state index in [-0.39, 0.29) is 0 Å². The summed E-state index contributed by atoms with van der Waals surface area (Å²) >= 11 is 3.64. The molecule has 0 fully saturated rings. The fourth-order valence-electron chi connectivity index (χ4n) is 1.95. The highest BCUT2D eigenvalue weighted by Crippen LogP contribution is 2.25. The van der Waals surface area contributed by atoms with Crippen molar-refractivity contribution in [3.05, 3.63) is 33.0 Å². The van der Waals surface area contributed by atoms with Crippen LogP contribution in [0.3, 0.4) is 0 Å². The lowest BCUT2D eigenvalue weighted by Crippen LogP contribution is -2.19. The van der Waals surface area contributed by atoms with Gasteiger partial charge >= 0.3 is 0 Å². The van der Waals surface area contributed by atoms with E-state index in [1.165, 1.54) is 16.2 Å². The van der Waals surface area contributed by atoms with Crippen LogP contribution in [0.4, 0.5) is 5.13 Å². The number of aryl methyl sites for hydroxylation is 1. The average Bonchev–Trinajstić information content (AvgIpc) is 3.07. The molecule has 110 valence electrons. The molecular weight excluding hydrogens is 286 g/mol. The van der Waals surface area contributed by atoms with Gasteiger partial charge in [-0.1, -0.05) is 13.0 Å². The SMILES string of the molecule is CCCNCc1sc(N(C)CCc2cccs2)nc1C. The molecular formula is C15H23N3S2. The molecule has 0 aliphatic carbocycles. The van der Waals surface area contributed by atoms with Gasteiger partial charge in [0, 0.05) is 29.9 Å². The number of nitrogens with zero attached hydrogens (tertiary/aromatic N) is 2. The number of hydrogen-bond donors (Lipinski definition) is 1. The zero-order chi connectivity index (χ0) is 14.4. The molecule has 2 aromatic rings. The first kappa shape index (κ1) is 15.5. The first-order valence-corrected chi connectivity index (χ1v) is 8.81. The molecule has 2 heterocycles. The first-order chi connectivity index (χ1) is 9.70. The van der Waals surface area contributed by atoms with Gasteiger partial charge in [-0.3, -0.25) is 0 Å². The molecule has 0 aliphatic heterocycles. The highest BCUT2D eigenvalue weighted by molar-refractivity contribution is 7.15. The van der Waals surface area contributed by atoms with Crippen molar-refractivity contribution >= 4 is 27.8 Å². The Morgan fingerprint density at radius 1 is 1.40 bits per heavy atom. The van der Waals surface area contributed by atoms with Crippen LogP contribution in [0, 0.1) is 6.92 Å². The van der Waals surface area contributed by atoms with Crippen LogP contribution in [0.2, 0.25) is 0 Å². The van der Waals surface area contributed by atoms with Crippen LogP contribution >= 0.6 is 22.7 Å². The number of nitrogens with one attached hydrogen (secondary N) is 1. The number of likely N-dealkylation sites (N-methyl/N-ethyl adjacent to an activating group) is 1. The van der Waals surface area contributed by atoms with E-state index in [0.717, 1.165) is 36.9 Å². The number of thiophene rings is 1. The minimum absolute atomic E-state index is 0.941. The van der Waals surface area contributed by atoms with Gasteiger partial charge in [0.2, 0.25) is 0 Å². The summed E-state index contributed by atoms with van der Waals surface area (Å²) in [5.74, 6) is 0. The van der Waals surface area contributed by atoms with Gasteiger partial charge in [-0.15, -0.1) is 22.7 Å². The van der Waals surface area contributed by atoms with Crippen LogP contribution in [0.25, 0.3) is 0 Å². The van der Waals surface area contributed by atoms with Crippen LogP contribution < -0.4 is 10.2 Å². The number of aromatic nitrogens is 1. The standard InChI is InChI=1S/C15H23N3S2/c1-4-8-16-11-14-12(2)17-15(20-14)18(3)9-7-13-6-5-10-19-13/h5-6,10,16H,4,7-9,11H2,1-3H3. The molecule has 2 rings (SSSR count). The second kappa shape index (κ2) is 7.76. The van der Waals surface area contributed by atoms with E-state index in [1.54, 1.807) is 0 Å². The molecule has 0 unspecified atom stereocenters. The molecule has 0 aromatic carbocycles. The molecule has 0 aliphatic rings. The zero-order valence-corrected chi connectivity index (χ0v) is 14.1. The Bertz CT molecular complexity index is 505. The Hall–Kier alpha value is -0.910. The van der Waals surface area contributed by atoms with E-state index in [4.69, 9.17) is 4.98 Å². The van der Waals surface area contributed by atoms with E-state index >= 15 is 0 Å². The molecule has 0 saturated heterocycles. The molecule has 0 bridgehead atoms. The van der Waals surface area contributed by atoms with Crippen molar-refractivity contribution in [2.45, 2.75) is 33.2 Å². The molecule has 0 spiro atoms. The molecule has 2 aromatic heterocycles. The minimum Gasteiger partial charge on any atom is -0.351 e. The van der Waals surface area contributed by atoms with Crippen molar-refractivity contribution < 1.29 is 0 Å². The average molecular weight is 310 g/mol. The summed E-state index contributed by atoms with van der Waals surface area (Å²) in [6.07, 6.45) is 2.27. The Labute approximate surface area is 129 Å². The summed E-state index contributed by atoms with van der Waals surface area (Å²) in [4.78, 5) is 9.76. The van der Waals surface area contributed by atoms with E-state index in [0.29, 0.717) is 0 Å². The summed E-state index contributed by atoms with van der Waals surface area (Å²) in [5, 5.41) is 6.72. The van der Waals surface area contributed by atoms with Crippen molar-refractivity contribution in [3.63, 3.8) is 0 Å². The molecule has 0 atom stereocenters. The summed E-state index contributed by atoms with van der Waals surface area (Å²) in [6, 6.07) is 4.32. The third kappa shape index (κ3) is 4.30. The summed E-state index contributed by atoms with van der Waals surface area (Å²) in [6.45, 7) is 7.33. The van der Waals surface area contributed by atoms with Crippen LogP contribution in [-0.4, -0.2) is 25.1 Å². The Morgan fingerprint density at radius 2 is 2.25 bits per heavy atom. The van der Waals surface area contributed by atoms with Crippen molar-refractivity contribution in [2.24, 2.45) is 0 Å². The third-order valence-corrected chi connectivity index (χ3v) is 5.40. The number of rotatable bonds is 8. The molecule has 3 nitrogen and oxygen atoms in total. The third-order valence-electron chi connectivity index (χ3n) is 3.19. The maximum atomic E-state index is 4.70. The molecule has 20 heavy (non-hydrogen) atoms. The predicted octanol–water partition coefficient (Wildman–Crippen LogP) is 3.69. The predicted molar refractivity (Wildman–Crippen MR) is 90.1 cm³/mol. The minimum atomic E-state index is 0.941. The molecule has 0 radical (unpaired) electrons. The normalized spacial score (nSPS) is 10.9. The highest BCUT2D eigenvalue weighted by atomic mass is 32.1. The smallest absolute Gasteiger partial charge is 0.185 e. The number of thiazole rings is 1. The maximum Gasteiger partial charge on any atom is 0.185 e. The van der Waals surface area contributed by atoms with Gasteiger partial charge in [0.05, 0.1) is 5.69 Å². The van der Waals surface area contributed by atoms with Gasteiger partial charge in [0.25, 0.3) is 0 Å². The van der Waals surface area contributed by atoms with Crippen LogP contribution in [0.15, 0.2) is 17.5 Å². The lowest BCUT2D eigenvalue weighted by molar-refractivity contribution is 0.678. The van der Waals surface area contributed by atoms with Gasteiger partial charge in [-0.2, -0.15) is 0 Å². The fraction of sp³-hybridized carbons (Fsp3) is 0.533. The van der Waals surface area contributed by atoms with E-state index < -0.39 is 0 Å². The quantitative estimate of drug-likeness (QED) is 0.754. The van der Waals surface area contributed by atoms with Crippen molar-refractivity contribution in [1.29, 1.82) is 0 Å². The van der Waals surface area contributed by atoms with Crippen molar-refractivity contribution in [2.75, 3.05) is 25.0 Å². The Balaban J connectivity index is 1.89. The number of hydrogen-bond acceptors (Lipinski definition) is 5. The Kier molecular flexibility index (Phi) is 6.01. The largest absolute Gasteiger partial charge is 0.351 e. The van der Waals surface area contributed by atoms with Gasteiger partial charge in [0.1, 0.15) is 0 Å². The van der Waals surface area contributed by atoms with Crippen molar-refractivity contribution in [1.82, 2.24) is 10.3 Å². The first-order valence-electron chi connectivity index (χ1n) is 7.11. The van der Waals surface area contributed by atoms with Crippen molar-refractivity contribution in [3.8, 4) is 0 Å². The lowest BCUT2D eigenvalue weighted by Gasteiger charge is -2.14. The van der Waals surface area contributed by atoms with Gasteiger partial charge in [-0.05, 0) is 37.8 Å². The van der Waals surface area contributed by atoms with E-state index in [1.807, 2.05) is 22.7 Å². The summed E-state index contributed by atoms with van der Waals surface area (Å²) in [7, 11) is 2.13. The topological polar surface area (TPSA) is 28.2 Å². The summed E-state index contributed by atoms with van der Waals surface area (Å²) < 4.78 is 0. The molecule has 1 N–H and O–H groups in total. The molecule has 0 amide bonds. The summed E-state index contributed by atoms with van der Waals surface area (Å²) in [5.41, 5.74) is 1.16. The second-order valence-electron chi connectivity index (χ2n) is 4.93. The van der Waals surface area contributed by atoms with Gasteiger partial charge < -0.3 is 10.2 Å². The van der Waals surface area contributed by atoms with Crippen LogP contribution in [-0.2, 0) is 13.0 Å². The van der Waals surface area contributed by atoms with Crippen LogP contribution in [0.1, 0.15) is 28.8 Å². The van der Waals surface area contributed by atoms with E-state index in [9.17, 15) is 0 Å².